The largest absolute Gasteiger partial charge is 0.287 e. The molecule has 0 bridgehead atoms. The van der Waals surface area contributed by atoms with Crippen LogP contribution in [0.3, 0.4) is 0 Å². The van der Waals surface area contributed by atoms with E-state index in [2.05, 4.69) is 10.3 Å². The highest BCUT2D eigenvalue weighted by atomic mass is 32.2. The first-order valence-electron chi connectivity index (χ1n) is 6.70. The Morgan fingerprint density at radius 1 is 1.04 bits per heavy atom. The van der Waals surface area contributed by atoms with Crippen molar-refractivity contribution in [2.45, 2.75) is 4.90 Å². The van der Waals surface area contributed by atoms with E-state index in [0.717, 1.165) is 0 Å². The van der Waals surface area contributed by atoms with Gasteiger partial charge in [0.05, 0.1) is 16.8 Å². The third-order valence-electron chi connectivity index (χ3n) is 3.26. The molecule has 0 aliphatic rings. The first-order valence-corrected chi connectivity index (χ1v) is 8.25. The molecule has 0 saturated carbocycles. The number of primary sulfonamides is 1. The van der Waals surface area contributed by atoms with Gasteiger partial charge in [0.15, 0.2) is 5.69 Å². The molecule has 2 aromatic carbocycles. The molecule has 9 heteroatoms. The summed E-state index contributed by atoms with van der Waals surface area (Å²) in [6.07, 6.45) is 1.40. The van der Waals surface area contributed by atoms with Crippen molar-refractivity contribution < 1.29 is 17.6 Å². The molecule has 0 unspecified atom stereocenters. The minimum absolute atomic E-state index is 0.0334. The zero-order chi connectivity index (χ0) is 17.3. The van der Waals surface area contributed by atoms with E-state index >= 15 is 0 Å². The summed E-state index contributed by atoms with van der Waals surface area (Å²) >= 11 is 0. The number of nitrogens with two attached hydrogens (primary N) is 1. The van der Waals surface area contributed by atoms with Gasteiger partial charge in [-0.3, -0.25) is 4.79 Å². The van der Waals surface area contributed by atoms with Gasteiger partial charge < -0.3 is 0 Å². The molecule has 0 aliphatic carbocycles. The van der Waals surface area contributed by atoms with Crippen molar-refractivity contribution in [3.8, 4) is 5.69 Å². The maximum atomic E-state index is 12.9. The van der Waals surface area contributed by atoms with E-state index in [1.807, 2.05) is 0 Å². The van der Waals surface area contributed by atoms with Crippen LogP contribution in [0.5, 0.6) is 0 Å². The number of carbonyl (C=O) groups excluding carboxylic acids is 1. The van der Waals surface area contributed by atoms with Crippen molar-refractivity contribution in [2.75, 3.05) is 0 Å². The summed E-state index contributed by atoms with van der Waals surface area (Å²) in [5, 5.41) is 12.7. The Labute approximate surface area is 136 Å². The van der Waals surface area contributed by atoms with Gasteiger partial charge in [0.2, 0.25) is 15.8 Å². The molecule has 0 atom stereocenters. The van der Waals surface area contributed by atoms with Crippen molar-refractivity contribution >= 4 is 15.8 Å². The number of ketones is 1. The molecule has 0 radical (unpaired) electrons. The second-order valence-electron chi connectivity index (χ2n) is 4.92. The molecule has 0 spiro atoms. The quantitative estimate of drug-likeness (QED) is 0.716. The van der Waals surface area contributed by atoms with Crippen LogP contribution in [0.4, 0.5) is 4.39 Å². The van der Waals surface area contributed by atoms with Gasteiger partial charge in [0.1, 0.15) is 5.82 Å². The summed E-state index contributed by atoms with van der Waals surface area (Å²) in [4.78, 5) is 12.2. The third kappa shape index (κ3) is 3.21. The zero-order valence-corrected chi connectivity index (χ0v) is 12.9. The average molecular weight is 346 g/mol. The molecule has 2 N–H and O–H groups in total. The first kappa shape index (κ1) is 16.0. The number of hydrogen-bond donors (Lipinski definition) is 1. The Morgan fingerprint density at radius 3 is 2.25 bits per heavy atom. The van der Waals surface area contributed by atoms with Gasteiger partial charge in [-0.05, 0) is 48.5 Å². The number of aromatic nitrogens is 3. The van der Waals surface area contributed by atoms with Crippen LogP contribution < -0.4 is 5.14 Å². The lowest BCUT2D eigenvalue weighted by Gasteiger charge is -2.01. The molecule has 122 valence electrons. The van der Waals surface area contributed by atoms with E-state index in [0.29, 0.717) is 5.69 Å². The lowest BCUT2D eigenvalue weighted by molar-refractivity contribution is 0.103. The Balaban J connectivity index is 1.88. The van der Waals surface area contributed by atoms with Crippen molar-refractivity contribution in [3.05, 3.63) is 71.8 Å². The van der Waals surface area contributed by atoms with E-state index in [9.17, 15) is 17.6 Å². The summed E-state index contributed by atoms with van der Waals surface area (Å²) in [7, 11) is -3.78. The first-order chi connectivity index (χ1) is 11.3. The normalized spacial score (nSPS) is 11.4. The fraction of sp³-hybridized carbons (Fsp3) is 0. The molecule has 3 rings (SSSR count). The molecule has 1 aromatic heterocycles. The molecule has 0 fully saturated rings. The van der Waals surface area contributed by atoms with E-state index in [-0.39, 0.29) is 16.2 Å². The Bertz CT molecular complexity index is 996. The Morgan fingerprint density at radius 2 is 1.67 bits per heavy atom. The second-order valence-corrected chi connectivity index (χ2v) is 6.48. The standard InChI is InChI=1S/C15H11FN4O3S/c16-11-3-1-10(2-4-11)15(21)14-9-20(19-18-14)12-5-7-13(8-6-12)24(17,22)23/h1-9H,(H2,17,22,23). The van der Waals surface area contributed by atoms with E-state index in [1.54, 1.807) is 0 Å². The van der Waals surface area contributed by atoms with Crippen molar-refractivity contribution in [3.63, 3.8) is 0 Å². The summed E-state index contributed by atoms with van der Waals surface area (Å²) < 4.78 is 36.7. The number of halogens is 1. The number of rotatable bonds is 4. The SMILES string of the molecule is NS(=O)(=O)c1ccc(-n2cc(C(=O)c3ccc(F)cc3)nn2)cc1. The van der Waals surface area contributed by atoms with Crippen molar-refractivity contribution in [1.82, 2.24) is 15.0 Å². The molecule has 1 heterocycles. The molecule has 0 amide bonds. The maximum Gasteiger partial charge on any atom is 0.238 e. The highest BCUT2D eigenvalue weighted by molar-refractivity contribution is 7.89. The van der Waals surface area contributed by atoms with Gasteiger partial charge in [-0.2, -0.15) is 0 Å². The van der Waals surface area contributed by atoms with Crippen LogP contribution >= 0.6 is 0 Å². The van der Waals surface area contributed by atoms with Crippen LogP contribution in [0.1, 0.15) is 16.1 Å². The monoisotopic (exact) mass is 346 g/mol. The molecule has 0 aliphatic heterocycles. The molecule has 7 nitrogen and oxygen atoms in total. The summed E-state index contributed by atoms with van der Waals surface area (Å²) in [6, 6.07) is 10.7. The van der Waals surface area contributed by atoms with E-state index < -0.39 is 21.6 Å². The molecule has 3 aromatic rings. The fourth-order valence-corrected chi connectivity index (χ4v) is 2.55. The lowest BCUT2D eigenvalue weighted by atomic mass is 10.1. The van der Waals surface area contributed by atoms with Gasteiger partial charge in [-0.15, -0.1) is 5.10 Å². The summed E-state index contributed by atoms with van der Waals surface area (Å²) in [5.41, 5.74) is 0.873. The van der Waals surface area contributed by atoms with Gasteiger partial charge >= 0.3 is 0 Å². The van der Waals surface area contributed by atoms with Crippen LogP contribution in [-0.2, 0) is 10.0 Å². The summed E-state index contributed by atoms with van der Waals surface area (Å²) in [6.45, 7) is 0. The van der Waals surface area contributed by atoms with Crippen molar-refractivity contribution in [1.29, 1.82) is 0 Å². The number of nitrogens with zero attached hydrogens (tertiary/aromatic N) is 3. The van der Waals surface area contributed by atoms with Crippen LogP contribution in [0.25, 0.3) is 5.69 Å². The zero-order valence-electron chi connectivity index (χ0n) is 12.1. The predicted molar refractivity (Wildman–Crippen MR) is 82.6 cm³/mol. The Kier molecular flexibility index (Phi) is 3.96. The predicted octanol–water partition coefficient (Wildman–Crippen LogP) is 1.28. The van der Waals surface area contributed by atoms with Gasteiger partial charge in [0.25, 0.3) is 0 Å². The van der Waals surface area contributed by atoms with Gasteiger partial charge in [0, 0.05) is 5.56 Å². The lowest BCUT2D eigenvalue weighted by Crippen LogP contribution is -2.12. The van der Waals surface area contributed by atoms with E-state index in [4.69, 9.17) is 5.14 Å². The van der Waals surface area contributed by atoms with Gasteiger partial charge in [-0.1, -0.05) is 5.21 Å². The third-order valence-corrected chi connectivity index (χ3v) is 4.19. The van der Waals surface area contributed by atoms with E-state index in [1.165, 1.54) is 59.4 Å². The fourth-order valence-electron chi connectivity index (χ4n) is 2.03. The topological polar surface area (TPSA) is 108 Å². The minimum Gasteiger partial charge on any atom is -0.287 e. The number of carbonyl (C=O) groups is 1. The van der Waals surface area contributed by atoms with Crippen LogP contribution in [0.15, 0.2) is 59.6 Å². The molecule has 0 saturated heterocycles. The second kappa shape index (κ2) is 5.95. The average Bonchev–Trinajstić information content (AvgIpc) is 3.04. The van der Waals surface area contributed by atoms with Gasteiger partial charge in [-0.25, -0.2) is 22.6 Å². The molecule has 24 heavy (non-hydrogen) atoms. The van der Waals surface area contributed by atoms with Crippen molar-refractivity contribution in [2.24, 2.45) is 5.14 Å². The minimum atomic E-state index is -3.78. The van der Waals surface area contributed by atoms with Crippen LogP contribution in [0, 0.1) is 5.82 Å². The highest BCUT2D eigenvalue weighted by Crippen LogP contribution is 2.14. The highest BCUT2D eigenvalue weighted by Gasteiger charge is 2.14. The number of hydrogen-bond acceptors (Lipinski definition) is 5. The maximum absolute atomic E-state index is 12.9. The van der Waals surface area contributed by atoms with Crippen LogP contribution in [0.2, 0.25) is 0 Å². The number of sulfonamides is 1. The molecular weight excluding hydrogens is 335 g/mol. The summed E-state index contributed by atoms with van der Waals surface area (Å²) in [5.74, 6) is -0.840. The molecular formula is C15H11FN4O3S. The number of benzene rings is 2. The smallest absolute Gasteiger partial charge is 0.238 e. The Hall–Kier alpha value is -2.91. The van der Waals surface area contributed by atoms with Crippen LogP contribution in [-0.4, -0.2) is 29.2 Å².